The number of primary amides is 1. The van der Waals surface area contributed by atoms with Gasteiger partial charge in [0.2, 0.25) is 5.91 Å². The molecule has 3 amide bonds. The van der Waals surface area contributed by atoms with Crippen LogP contribution in [0.4, 0.5) is 8.78 Å². The first kappa shape index (κ1) is 20.2. The van der Waals surface area contributed by atoms with Gasteiger partial charge in [-0.3, -0.25) is 14.4 Å². The number of carbonyl (C=O) groups excluding carboxylic acids is 3. The second-order valence-electron chi connectivity index (χ2n) is 6.48. The highest BCUT2D eigenvalue weighted by Gasteiger charge is 2.25. The summed E-state index contributed by atoms with van der Waals surface area (Å²) in [6, 6.07) is 9.12. The van der Waals surface area contributed by atoms with E-state index in [1.807, 2.05) is 0 Å². The molecular weight excluding hydrogens is 384 g/mol. The van der Waals surface area contributed by atoms with Gasteiger partial charge in [0, 0.05) is 37.3 Å². The Hall–Kier alpha value is -3.49. The van der Waals surface area contributed by atoms with Crippen LogP contribution in [-0.2, 0) is 4.79 Å². The molecule has 0 spiro atoms. The first-order valence-corrected chi connectivity index (χ1v) is 8.90. The Kier molecular flexibility index (Phi) is 6.06. The summed E-state index contributed by atoms with van der Waals surface area (Å²) in [5.41, 5.74) is 5.56. The minimum atomic E-state index is -1.08. The van der Waals surface area contributed by atoms with Gasteiger partial charge in [-0.15, -0.1) is 0 Å². The van der Waals surface area contributed by atoms with Crippen molar-refractivity contribution in [3.8, 4) is 5.75 Å². The van der Waals surface area contributed by atoms with Crippen molar-refractivity contribution in [1.82, 2.24) is 9.80 Å². The molecule has 1 saturated heterocycles. The minimum absolute atomic E-state index is 0.0615. The molecule has 9 heteroatoms. The summed E-state index contributed by atoms with van der Waals surface area (Å²) in [6.07, 6.45) is 0. The molecule has 3 rings (SSSR count). The summed E-state index contributed by atoms with van der Waals surface area (Å²) >= 11 is 0. The molecular formula is C20H19F2N3O4. The summed E-state index contributed by atoms with van der Waals surface area (Å²) in [5.74, 6) is -2.88. The minimum Gasteiger partial charge on any atom is -0.484 e. The van der Waals surface area contributed by atoms with Crippen LogP contribution in [0.3, 0.4) is 0 Å². The molecule has 1 heterocycles. The van der Waals surface area contributed by atoms with Gasteiger partial charge in [-0.2, -0.15) is 0 Å². The van der Waals surface area contributed by atoms with Gasteiger partial charge in [-0.1, -0.05) is 0 Å². The van der Waals surface area contributed by atoms with Crippen LogP contribution in [0, 0.1) is 11.6 Å². The van der Waals surface area contributed by atoms with Crippen LogP contribution in [-0.4, -0.2) is 60.3 Å². The Balaban J connectivity index is 1.49. The van der Waals surface area contributed by atoms with E-state index in [4.69, 9.17) is 10.5 Å². The molecule has 2 aromatic rings. The number of amides is 3. The number of halogens is 2. The Morgan fingerprint density at radius 2 is 1.45 bits per heavy atom. The number of ether oxygens (including phenoxy) is 1. The fourth-order valence-corrected chi connectivity index (χ4v) is 2.92. The van der Waals surface area contributed by atoms with Crippen molar-refractivity contribution < 1.29 is 27.9 Å². The number of nitrogens with two attached hydrogens (primary N) is 1. The molecule has 152 valence electrons. The molecule has 0 bridgehead atoms. The molecule has 0 saturated carbocycles. The fraction of sp³-hybridized carbons (Fsp3) is 0.250. The van der Waals surface area contributed by atoms with E-state index in [0.717, 1.165) is 12.1 Å². The van der Waals surface area contributed by atoms with Gasteiger partial charge in [0.05, 0.1) is 0 Å². The molecule has 7 nitrogen and oxygen atoms in total. The van der Waals surface area contributed by atoms with Crippen LogP contribution in [0.5, 0.6) is 5.75 Å². The van der Waals surface area contributed by atoms with E-state index < -0.39 is 23.4 Å². The third kappa shape index (κ3) is 4.87. The lowest BCUT2D eigenvalue weighted by atomic mass is 10.1. The number of hydrogen-bond acceptors (Lipinski definition) is 4. The quantitative estimate of drug-likeness (QED) is 0.817. The second-order valence-corrected chi connectivity index (χ2v) is 6.48. The summed E-state index contributed by atoms with van der Waals surface area (Å²) < 4.78 is 31.8. The van der Waals surface area contributed by atoms with Gasteiger partial charge in [0.15, 0.2) is 18.2 Å². The molecule has 2 N–H and O–H groups in total. The van der Waals surface area contributed by atoms with Gasteiger partial charge in [-0.25, -0.2) is 8.78 Å². The van der Waals surface area contributed by atoms with Crippen LogP contribution >= 0.6 is 0 Å². The average molecular weight is 403 g/mol. The maximum atomic E-state index is 13.3. The first-order chi connectivity index (χ1) is 13.8. The number of benzene rings is 2. The molecule has 0 unspecified atom stereocenters. The predicted octanol–water partition coefficient (Wildman–Crippen LogP) is 1.43. The maximum absolute atomic E-state index is 13.3. The number of rotatable bonds is 5. The number of nitrogens with zero attached hydrogens (tertiary/aromatic N) is 2. The Labute approximate surface area is 165 Å². The van der Waals surface area contributed by atoms with E-state index in [9.17, 15) is 23.2 Å². The van der Waals surface area contributed by atoms with Gasteiger partial charge < -0.3 is 20.3 Å². The molecule has 0 atom stereocenters. The summed E-state index contributed by atoms with van der Waals surface area (Å²) in [6.45, 7) is 0.969. The van der Waals surface area contributed by atoms with E-state index in [2.05, 4.69) is 0 Å². The predicted molar refractivity (Wildman–Crippen MR) is 99.3 cm³/mol. The normalized spacial score (nSPS) is 13.9. The molecule has 29 heavy (non-hydrogen) atoms. The first-order valence-electron chi connectivity index (χ1n) is 8.90. The van der Waals surface area contributed by atoms with Gasteiger partial charge >= 0.3 is 0 Å². The number of hydrogen-bond donors (Lipinski definition) is 1. The third-order valence-corrected chi connectivity index (χ3v) is 4.59. The molecule has 0 radical (unpaired) electrons. The third-order valence-electron chi connectivity index (χ3n) is 4.59. The van der Waals surface area contributed by atoms with Crippen molar-refractivity contribution >= 4 is 17.7 Å². The lowest BCUT2D eigenvalue weighted by molar-refractivity contribution is -0.134. The Bertz CT molecular complexity index is 926. The van der Waals surface area contributed by atoms with E-state index in [1.54, 1.807) is 17.0 Å². The van der Waals surface area contributed by atoms with Crippen molar-refractivity contribution in [2.45, 2.75) is 0 Å². The van der Waals surface area contributed by atoms with Crippen molar-refractivity contribution in [3.63, 3.8) is 0 Å². The Morgan fingerprint density at radius 3 is 2.03 bits per heavy atom. The van der Waals surface area contributed by atoms with Crippen LogP contribution in [0.25, 0.3) is 0 Å². The molecule has 0 aliphatic carbocycles. The standard InChI is InChI=1S/C20H19F2N3O4/c21-16-6-3-14(11-17(16)22)20(28)25-9-7-24(8-10-25)18(26)12-29-15-4-1-13(2-5-15)19(23)27/h1-6,11H,7-10,12H2,(H2,23,27). The Morgan fingerprint density at radius 1 is 0.862 bits per heavy atom. The number of piperazine rings is 1. The fourth-order valence-electron chi connectivity index (χ4n) is 2.92. The van der Waals surface area contributed by atoms with Crippen molar-refractivity contribution in [1.29, 1.82) is 0 Å². The number of carbonyl (C=O) groups is 3. The van der Waals surface area contributed by atoms with E-state index in [-0.39, 0.29) is 31.2 Å². The summed E-state index contributed by atoms with van der Waals surface area (Å²) in [7, 11) is 0. The molecule has 1 aliphatic rings. The lowest BCUT2D eigenvalue weighted by Gasteiger charge is -2.34. The zero-order valence-electron chi connectivity index (χ0n) is 15.4. The zero-order valence-corrected chi connectivity index (χ0v) is 15.4. The second kappa shape index (κ2) is 8.68. The monoisotopic (exact) mass is 403 g/mol. The summed E-state index contributed by atoms with van der Waals surface area (Å²) in [5, 5.41) is 0. The van der Waals surface area contributed by atoms with E-state index in [0.29, 0.717) is 24.4 Å². The molecule has 1 fully saturated rings. The van der Waals surface area contributed by atoms with Crippen LogP contribution in [0.15, 0.2) is 42.5 Å². The van der Waals surface area contributed by atoms with Crippen LogP contribution in [0.1, 0.15) is 20.7 Å². The van der Waals surface area contributed by atoms with Gasteiger partial charge in [0.25, 0.3) is 11.8 Å². The molecule has 0 aromatic heterocycles. The highest BCUT2D eigenvalue weighted by Crippen LogP contribution is 2.14. The highest BCUT2D eigenvalue weighted by atomic mass is 19.2. The van der Waals surface area contributed by atoms with E-state index >= 15 is 0 Å². The smallest absolute Gasteiger partial charge is 0.260 e. The molecule has 2 aromatic carbocycles. The van der Waals surface area contributed by atoms with Crippen LogP contribution < -0.4 is 10.5 Å². The largest absolute Gasteiger partial charge is 0.484 e. The molecule has 1 aliphatic heterocycles. The van der Waals surface area contributed by atoms with E-state index in [1.165, 1.54) is 23.1 Å². The summed E-state index contributed by atoms with van der Waals surface area (Å²) in [4.78, 5) is 38.8. The van der Waals surface area contributed by atoms with Crippen LogP contribution in [0.2, 0.25) is 0 Å². The van der Waals surface area contributed by atoms with Crippen molar-refractivity contribution in [2.24, 2.45) is 5.73 Å². The lowest BCUT2D eigenvalue weighted by Crippen LogP contribution is -2.51. The van der Waals surface area contributed by atoms with Crippen molar-refractivity contribution in [3.05, 3.63) is 65.2 Å². The van der Waals surface area contributed by atoms with Gasteiger partial charge in [0.1, 0.15) is 5.75 Å². The maximum Gasteiger partial charge on any atom is 0.260 e. The van der Waals surface area contributed by atoms with Gasteiger partial charge in [-0.05, 0) is 42.5 Å². The average Bonchev–Trinajstić information content (AvgIpc) is 2.74. The SMILES string of the molecule is NC(=O)c1ccc(OCC(=O)N2CCN(C(=O)c3ccc(F)c(F)c3)CC2)cc1. The van der Waals surface area contributed by atoms with Crippen molar-refractivity contribution in [2.75, 3.05) is 32.8 Å². The topological polar surface area (TPSA) is 92.9 Å². The highest BCUT2D eigenvalue weighted by molar-refractivity contribution is 5.94. The zero-order chi connectivity index (χ0) is 21.0.